The summed E-state index contributed by atoms with van der Waals surface area (Å²) in [5, 5.41) is 9.06. The normalized spacial score (nSPS) is 10.2. The Balaban J connectivity index is 0. The van der Waals surface area contributed by atoms with E-state index in [0.29, 0.717) is 17.4 Å². The lowest BCUT2D eigenvalue weighted by Gasteiger charge is -1.98. The van der Waals surface area contributed by atoms with E-state index in [4.69, 9.17) is 5.11 Å². The predicted octanol–water partition coefficient (Wildman–Crippen LogP) is 8.11. The van der Waals surface area contributed by atoms with E-state index < -0.39 is 0 Å². The molecule has 4 heteroatoms. The van der Waals surface area contributed by atoms with Gasteiger partial charge < -0.3 is 9.90 Å². The van der Waals surface area contributed by atoms with Crippen LogP contribution in [0.15, 0.2) is 41.5 Å². The van der Waals surface area contributed by atoms with Crippen LogP contribution in [0.1, 0.15) is 114 Å². The molecule has 0 saturated carbocycles. The van der Waals surface area contributed by atoms with Crippen LogP contribution in [0.4, 0.5) is 0 Å². The first-order valence-corrected chi connectivity index (χ1v) is 12.3. The van der Waals surface area contributed by atoms with E-state index in [-0.39, 0.29) is 12.2 Å². The first kappa shape index (κ1) is 32.7. The van der Waals surface area contributed by atoms with Crippen molar-refractivity contribution in [1.82, 2.24) is 0 Å². The van der Waals surface area contributed by atoms with Crippen molar-refractivity contribution in [3.05, 3.63) is 52.6 Å². The van der Waals surface area contributed by atoms with E-state index in [1.54, 1.807) is 25.1 Å². The number of aldehydes is 3. The van der Waals surface area contributed by atoms with E-state index in [0.717, 1.165) is 24.6 Å². The minimum Gasteiger partial charge on any atom is -0.507 e. The summed E-state index contributed by atoms with van der Waals surface area (Å²) < 4.78 is 0. The minimum atomic E-state index is 0.0509. The lowest BCUT2D eigenvalue weighted by atomic mass is 10.1. The van der Waals surface area contributed by atoms with Crippen LogP contribution in [0.3, 0.4) is 0 Å². The molecule has 0 aliphatic heterocycles. The van der Waals surface area contributed by atoms with E-state index in [1.165, 1.54) is 69.4 Å². The molecule has 186 valence electrons. The second kappa shape index (κ2) is 24.2. The smallest absolute Gasteiger partial charge is 0.154 e. The van der Waals surface area contributed by atoms with Crippen molar-refractivity contribution in [2.45, 2.75) is 105 Å². The van der Waals surface area contributed by atoms with E-state index >= 15 is 0 Å². The Morgan fingerprint density at radius 2 is 1.39 bits per heavy atom. The molecule has 0 spiro atoms. The Kier molecular flexibility index (Phi) is 23.9. The monoisotopic (exact) mass is 458 g/mol. The maximum Gasteiger partial charge on any atom is 0.154 e. The first-order chi connectivity index (χ1) is 15.9. The number of hydrogen-bond acceptors (Lipinski definition) is 4. The summed E-state index contributed by atoms with van der Waals surface area (Å²) in [6.45, 7) is 10.3. The minimum absolute atomic E-state index is 0.0509. The summed E-state index contributed by atoms with van der Waals surface area (Å²) in [5.41, 5.74) is 2.95. The molecule has 0 heterocycles. The van der Waals surface area contributed by atoms with Crippen LogP contribution in [-0.4, -0.2) is 24.0 Å². The van der Waals surface area contributed by atoms with Crippen LogP contribution in [0, 0.1) is 6.92 Å². The van der Waals surface area contributed by atoms with Crippen molar-refractivity contribution in [2.75, 3.05) is 0 Å². The fraction of sp³-hybridized carbons (Fsp3) is 0.552. The third-order valence-electron chi connectivity index (χ3n) is 5.00. The molecule has 0 radical (unpaired) electrons. The summed E-state index contributed by atoms with van der Waals surface area (Å²) in [7, 11) is 0. The summed E-state index contributed by atoms with van der Waals surface area (Å²) in [4.78, 5) is 30.7. The van der Waals surface area contributed by atoms with Gasteiger partial charge in [-0.3, -0.25) is 9.59 Å². The zero-order chi connectivity index (χ0) is 25.3. The first-order valence-electron chi connectivity index (χ1n) is 12.3. The number of aryl methyl sites for hydroxylation is 1. The van der Waals surface area contributed by atoms with Crippen LogP contribution in [0.5, 0.6) is 5.75 Å². The Labute approximate surface area is 202 Å². The third-order valence-corrected chi connectivity index (χ3v) is 5.00. The molecule has 0 aliphatic rings. The van der Waals surface area contributed by atoms with Crippen molar-refractivity contribution in [3.63, 3.8) is 0 Å². The van der Waals surface area contributed by atoms with Crippen molar-refractivity contribution in [3.8, 4) is 5.75 Å². The molecule has 0 fully saturated rings. The molecule has 4 nitrogen and oxygen atoms in total. The highest BCUT2D eigenvalue weighted by molar-refractivity contribution is 5.81. The van der Waals surface area contributed by atoms with Gasteiger partial charge in [-0.25, -0.2) is 0 Å². The number of hydrogen-bond donors (Lipinski definition) is 1. The van der Waals surface area contributed by atoms with E-state index in [1.807, 2.05) is 19.9 Å². The molecule has 0 amide bonds. The number of rotatable bonds is 14. The van der Waals surface area contributed by atoms with Gasteiger partial charge in [-0.15, -0.1) is 0 Å². The van der Waals surface area contributed by atoms with Gasteiger partial charge in [0, 0.05) is 6.42 Å². The molecule has 1 N–H and O–H groups in total. The maximum atomic E-state index is 10.3. The molecule has 0 aliphatic carbocycles. The van der Waals surface area contributed by atoms with Crippen molar-refractivity contribution in [1.29, 1.82) is 0 Å². The highest BCUT2D eigenvalue weighted by atomic mass is 16.3. The molecule has 1 aromatic rings. The summed E-state index contributed by atoms with van der Waals surface area (Å²) in [6.07, 6.45) is 19.8. The number of allylic oxidation sites excluding steroid dienone is 4. The lowest BCUT2D eigenvalue weighted by Crippen LogP contribution is -1.85. The molecule has 0 aromatic heterocycles. The largest absolute Gasteiger partial charge is 0.507 e. The molecule has 0 atom stereocenters. The Morgan fingerprint density at radius 1 is 0.848 bits per heavy atom. The second-order valence-electron chi connectivity index (χ2n) is 8.39. The zero-order valence-electron chi connectivity index (χ0n) is 21.6. The number of phenols is 1. The molecular weight excluding hydrogens is 412 g/mol. The predicted molar refractivity (Wildman–Crippen MR) is 140 cm³/mol. The summed E-state index contributed by atoms with van der Waals surface area (Å²) in [6, 6.07) is 4.98. The average molecular weight is 459 g/mol. The highest BCUT2D eigenvalue weighted by Gasteiger charge is 2.00. The van der Waals surface area contributed by atoms with Gasteiger partial charge in [0.25, 0.3) is 0 Å². The molecule has 0 bridgehead atoms. The number of carbonyl (C=O) groups is 3. The summed E-state index contributed by atoms with van der Waals surface area (Å²) >= 11 is 0. The number of benzene rings is 1. The zero-order valence-corrected chi connectivity index (χ0v) is 21.6. The van der Waals surface area contributed by atoms with Gasteiger partial charge in [-0.05, 0) is 44.4 Å². The van der Waals surface area contributed by atoms with Crippen LogP contribution >= 0.6 is 0 Å². The standard InChI is InChI=1S/C11H24.C10H14O2.C8H8O2/c1-3-5-7-9-11-10-8-6-4-2;1-9(2)4-3-5-10(8-12)6-7-11;1-6-3-2-4-8(10)7(6)5-9/h3-11H2,1-2H3;4-5,7-8H,3,6H2,1-2H3;2-5,10H,1H3/b;10-5+;. The average Bonchev–Trinajstić information content (AvgIpc) is 2.79. The van der Waals surface area contributed by atoms with Crippen molar-refractivity contribution < 1.29 is 19.5 Å². The van der Waals surface area contributed by atoms with Crippen LogP contribution in [-0.2, 0) is 9.59 Å². The van der Waals surface area contributed by atoms with E-state index in [9.17, 15) is 14.4 Å². The van der Waals surface area contributed by atoms with Crippen LogP contribution in [0.2, 0.25) is 0 Å². The molecule has 0 unspecified atom stereocenters. The Morgan fingerprint density at radius 3 is 1.76 bits per heavy atom. The molecule has 1 aromatic carbocycles. The summed E-state index contributed by atoms with van der Waals surface area (Å²) in [5.74, 6) is 0.0509. The van der Waals surface area contributed by atoms with Gasteiger partial charge >= 0.3 is 0 Å². The number of unbranched alkanes of at least 4 members (excludes halogenated alkanes) is 8. The second-order valence-corrected chi connectivity index (χ2v) is 8.39. The van der Waals surface area contributed by atoms with Crippen molar-refractivity contribution in [2.24, 2.45) is 0 Å². The quantitative estimate of drug-likeness (QED) is 0.132. The lowest BCUT2D eigenvalue weighted by molar-refractivity contribution is -0.109. The Hall–Kier alpha value is -2.49. The fourth-order valence-electron chi connectivity index (χ4n) is 2.92. The third kappa shape index (κ3) is 21.1. The van der Waals surface area contributed by atoms with Gasteiger partial charge in [-0.2, -0.15) is 0 Å². The topological polar surface area (TPSA) is 71.4 Å². The van der Waals surface area contributed by atoms with Gasteiger partial charge in [0.05, 0.1) is 5.56 Å². The number of phenolic OH excluding ortho intramolecular Hbond substituents is 1. The highest BCUT2D eigenvalue weighted by Crippen LogP contribution is 2.17. The van der Waals surface area contributed by atoms with Crippen LogP contribution < -0.4 is 0 Å². The maximum absolute atomic E-state index is 10.3. The fourth-order valence-corrected chi connectivity index (χ4v) is 2.92. The number of aromatic hydroxyl groups is 1. The van der Waals surface area contributed by atoms with Gasteiger partial charge in [0.1, 0.15) is 18.3 Å². The molecule has 1 rings (SSSR count). The van der Waals surface area contributed by atoms with Gasteiger partial charge in [-0.1, -0.05) is 101 Å². The van der Waals surface area contributed by atoms with Gasteiger partial charge in [0.15, 0.2) is 6.29 Å². The van der Waals surface area contributed by atoms with Crippen molar-refractivity contribution >= 4 is 18.9 Å². The van der Waals surface area contributed by atoms with E-state index in [2.05, 4.69) is 13.8 Å². The Bertz CT molecular complexity index is 669. The molecule has 33 heavy (non-hydrogen) atoms. The number of carbonyl (C=O) groups excluding carboxylic acids is 3. The molecule has 0 saturated heterocycles. The van der Waals surface area contributed by atoms with Crippen LogP contribution in [0.25, 0.3) is 0 Å². The molecular formula is C29H46O4. The SMILES string of the molecule is CC(C)=CC/C=C(/C=O)CC=O.CCCCCCCCCCC.Cc1cccc(O)c1C=O. The van der Waals surface area contributed by atoms with Gasteiger partial charge in [0.2, 0.25) is 0 Å².